The first-order valence-corrected chi connectivity index (χ1v) is 7.16. The van der Waals surface area contributed by atoms with E-state index in [-0.39, 0.29) is 17.9 Å². The topological polar surface area (TPSA) is 87.7 Å². The average Bonchev–Trinajstić information content (AvgIpc) is 2.95. The van der Waals surface area contributed by atoms with Gasteiger partial charge in [0.15, 0.2) is 6.10 Å². The zero-order valence-electron chi connectivity index (χ0n) is 11.5. The smallest absolute Gasteiger partial charge is 0.306 e. The van der Waals surface area contributed by atoms with Crippen molar-refractivity contribution in [2.45, 2.75) is 31.4 Å². The third-order valence-electron chi connectivity index (χ3n) is 4.05. The van der Waals surface area contributed by atoms with Crippen molar-refractivity contribution in [3.63, 3.8) is 0 Å². The van der Waals surface area contributed by atoms with E-state index < -0.39 is 12.1 Å². The van der Waals surface area contributed by atoms with Crippen LogP contribution in [0.3, 0.4) is 0 Å². The zero-order chi connectivity index (χ0) is 14.8. The normalized spacial score (nSPS) is 27.1. The Balaban J connectivity index is 1.57. The van der Waals surface area contributed by atoms with E-state index in [0.717, 1.165) is 5.69 Å². The summed E-state index contributed by atoms with van der Waals surface area (Å²) in [5.41, 5.74) is 0.883. The van der Waals surface area contributed by atoms with Crippen LogP contribution in [-0.4, -0.2) is 35.7 Å². The van der Waals surface area contributed by atoms with Crippen LogP contribution < -0.4 is 15.4 Å². The van der Waals surface area contributed by atoms with Crippen LogP contribution in [0.5, 0.6) is 5.75 Å². The van der Waals surface area contributed by atoms with Gasteiger partial charge in [-0.2, -0.15) is 0 Å². The number of anilines is 1. The molecule has 2 aliphatic rings. The number of hydrogen-bond acceptors (Lipinski definition) is 4. The highest BCUT2D eigenvalue weighted by Gasteiger charge is 2.33. The molecule has 21 heavy (non-hydrogen) atoms. The molecule has 112 valence electrons. The first-order valence-electron chi connectivity index (χ1n) is 7.16. The predicted molar refractivity (Wildman–Crippen MR) is 76.3 cm³/mol. The summed E-state index contributed by atoms with van der Waals surface area (Å²) in [6.07, 6.45) is 1.24. The van der Waals surface area contributed by atoms with Crippen molar-refractivity contribution in [1.82, 2.24) is 5.32 Å². The van der Waals surface area contributed by atoms with Crippen LogP contribution in [0.4, 0.5) is 5.69 Å². The largest absolute Gasteiger partial charge is 0.481 e. The molecule has 6 nitrogen and oxygen atoms in total. The molecule has 1 aromatic rings. The molecule has 1 aliphatic carbocycles. The second-order valence-electron chi connectivity index (χ2n) is 5.54. The average molecular weight is 290 g/mol. The number of carbonyl (C=O) groups is 2. The van der Waals surface area contributed by atoms with Crippen molar-refractivity contribution in [2.75, 3.05) is 11.9 Å². The molecule has 3 N–H and O–H groups in total. The first kappa shape index (κ1) is 13.7. The van der Waals surface area contributed by atoms with Gasteiger partial charge >= 0.3 is 5.97 Å². The van der Waals surface area contributed by atoms with Crippen molar-refractivity contribution in [3.05, 3.63) is 24.3 Å². The summed E-state index contributed by atoms with van der Waals surface area (Å²) in [5, 5.41) is 15.0. The lowest BCUT2D eigenvalue weighted by Gasteiger charge is -2.27. The van der Waals surface area contributed by atoms with Crippen LogP contribution in [0, 0.1) is 5.92 Å². The van der Waals surface area contributed by atoms with Gasteiger partial charge in [-0.3, -0.25) is 9.59 Å². The van der Waals surface area contributed by atoms with Gasteiger partial charge < -0.3 is 20.5 Å². The van der Waals surface area contributed by atoms with Gasteiger partial charge in [-0.1, -0.05) is 12.1 Å². The van der Waals surface area contributed by atoms with E-state index in [0.29, 0.717) is 31.6 Å². The van der Waals surface area contributed by atoms with Gasteiger partial charge in [0.1, 0.15) is 5.75 Å². The third-order valence-corrected chi connectivity index (χ3v) is 4.05. The highest BCUT2D eigenvalue weighted by Crippen LogP contribution is 2.29. The molecule has 0 aromatic heterocycles. The highest BCUT2D eigenvalue weighted by molar-refractivity contribution is 5.83. The quantitative estimate of drug-likeness (QED) is 0.779. The molecule has 6 heteroatoms. The molecule has 1 amide bonds. The summed E-state index contributed by atoms with van der Waals surface area (Å²) in [5.74, 6) is -0.649. The number of carbonyl (C=O) groups excluding carboxylic acids is 1. The maximum atomic E-state index is 12.2. The number of aliphatic carboxylic acids is 1. The second kappa shape index (κ2) is 5.63. The molecule has 3 atom stereocenters. The molecule has 1 saturated carbocycles. The Labute approximate surface area is 122 Å². The Hall–Kier alpha value is -2.24. The minimum atomic E-state index is -0.781. The molecule has 1 unspecified atom stereocenters. The number of carboxylic acids is 1. The summed E-state index contributed by atoms with van der Waals surface area (Å²) >= 11 is 0. The summed E-state index contributed by atoms with van der Waals surface area (Å²) < 4.78 is 5.69. The van der Waals surface area contributed by atoms with E-state index in [1.54, 1.807) is 0 Å². The fourth-order valence-corrected chi connectivity index (χ4v) is 2.89. The predicted octanol–water partition coefficient (Wildman–Crippen LogP) is 1.23. The van der Waals surface area contributed by atoms with Gasteiger partial charge in [-0.25, -0.2) is 0 Å². The molecule has 1 aromatic carbocycles. The van der Waals surface area contributed by atoms with Crippen molar-refractivity contribution < 1.29 is 19.4 Å². The summed E-state index contributed by atoms with van der Waals surface area (Å²) in [4.78, 5) is 23.1. The lowest BCUT2D eigenvalue weighted by atomic mass is 10.1. The summed E-state index contributed by atoms with van der Waals surface area (Å²) in [6.45, 7) is 0.415. The van der Waals surface area contributed by atoms with Gasteiger partial charge in [0, 0.05) is 6.04 Å². The van der Waals surface area contributed by atoms with E-state index in [2.05, 4.69) is 10.6 Å². The monoisotopic (exact) mass is 290 g/mol. The Morgan fingerprint density at radius 2 is 2.10 bits per heavy atom. The molecule has 0 spiro atoms. The Kier molecular flexibility index (Phi) is 3.68. The molecule has 1 heterocycles. The number of fused-ring (bicyclic) bond motifs is 1. The van der Waals surface area contributed by atoms with Gasteiger partial charge in [-0.15, -0.1) is 0 Å². The molecule has 0 saturated heterocycles. The van der Waals surface area contributed by atoms with Crippen molar-refractivity contribution in [1.29, 1.82) is 0 Å². The lowest BCUT2D eigenvalue weighted by Crippen LogP contribution is -2.47. The van der Waals surface area contributed by atoms with Gasteiger partial charge in [0.05, 0.1) is 18.2 Å². The zero-order valence-corrected chi connectivity index (χ0v) is 11.5. The van der Waals surface area contributed by atoms with Crippen LogP contribution in [0.15, 0.2) is 24.3 Å². The van der Waals surface area contributed by atoms with Gasteiger partial charge in [0.2, 0.25) is 0 Å². The highest BCUT2D eigenvalue weighted by atomic mass is 16.5. The number of rotatable bonds is 3. The number of para-hydroxylation sites is 2. The standard InChI is InChI=1S/C15H18N2O4/c18-14(17-10-6-5-9(7-10)15(19)20)13-8-16-11-3-1-2-4-12(11)21-13/h1-4,9-10,13,16H,5-8H2,(H,17,18)(H,19,20)/t9-,10+,13?/m1/s1. The fraction of sp³-hybridized carbons (Fsp3) is 0.467. The van der Waals surface area contributed by atoms with Crippen LogP contribution in [0.1, 0.15) is 19.3 Å². The van der Waals surface area contributed by atoms with Gasteiger partial charge in [0.25, 0.3) is 5.91 Å². The molecular weight excluding hydrogens is 272 g/mol. The molecule has 1 aliphatic heterocycles. The SMILES string of the molecule is O=C(N[C@H]1CC[C@@H](C(=O)O)C1)C1CNc2ccccc2O1. The first-order chi connectivity index (χ1) is 10.1. The van der Waals surface area contributed by atoms with E-state index in [1.165, 1.54) is 0 Å². The number of hydrogen-bond donors (Lipinski definition) is 3. The summed E-state index contributed by atoms with van der Waals surface area (Å²) in [7, 11) is 0. The number of amides is 1. The molecule has 3 rings (SSSR count). The third kappa shape index (κ3) is 2.94. The van der Waals surface area contributed by atoms with Crippen molar-refractivity contribution in [2.24, 2.45) is 5.92 Å². The minimum absolute atomic E-state index is 0.0700. The molecule has 0 radical (unpaired) electrons. The van der Waals surface area contributed by atoms with Crippen LogP contribution >= 0.6 is 0 Å². The maximum Gasteiger partial charge on any atom is 0.306 e. The van der Waals surface area contributed by atoms with Crippen LogP contribution in [0.25, 0.3) is 0 Å². The Morgan fingerprint density at radius 1 is 1.29 bits per heavy atom. The van der Waals surface area contributed by atoms with Crippen molar-refractivity contribution in [3.8, 4) is 5.75 Å². The minimum Gasteiger partial charge on any atom is -0.481 e. The Morgan fingerprint density at radius 3 is 2.86 bits per heavy atom. The van der Waals surface area contributed by atoms with E-state index >= 15 is 0 Å². The van der Waals surface area contributed by atoms with Crippen molar-refractivity contribution >= 4 is 17.6 Å². The fourth-order valence-electron chi connectivity index (χ4n) is 2.89. The molecule has 1 fully saturated rings. The molecule has 0 bridgehead atoms. The van der Waals surface area contributed by atoms with E-state index in [9.17, 15) is 9.59 Å². The molecular formula is C15H18N2O4. The van der Waals surface area contributed by atoms with Crippen LogP contribution in [0.2, 0.25) is 0 Å². The second-order valence-corrected chi connectivity index (χ2v) is 5.54. The number of benzene rings is 1. The maximum absolute atomic E-state index is 12.2. The number of ether oxygens (including phenoxy) is 1. The lowest BCUT2D eigenvalue weighted by molar-refractivity contribution is -0.141. The van der Waals surface area contributed by atoms with E-state index in [4.69, 9.17) is 9.84 Å². The number of nitrogens with one attached hydrogen (secondary N) is 2. The Bertz CT molecular complexity index is 560. The summed E-state index contributed by atoms with van der Waals surface area (Å²) in [6, 6.07) is 7.41. The van der Waals surface area contributed by atoms with E-state index in [1.807, 2.05) is 24.3 Å². The van der Waals surface area contributed by atoms with Crippen LogP contribution in [-0.2, 0) is 9.59 Å². The van der Waals surface area contributed by atoms with Gasteiger partial charge in [-0.05, 0) is 31.4 Å². The number of carboxylic acid groups (broad SMARTS) is 1.